The molecule has 104 valence electrons. The molecule has 0 spiro atoms. The first-order chi connectivity index (χ1) is 9.72. The second-order valence-corrected chi connectivity index (χ2v) is 5.76. The molecule has 2 nitrogen and oxygen atoms in total. The van der Waals surface area contributed by atoms with Crippen LogP contribution in [-0.4, -0.2) is 12.0 Å². The average molecular weight is 266 g/mol. The second kappa shape index (κ2) is 5.37. The maximum Gasteiger partial charge on any atom is 0.0485 e. The summed E-state index contributed by atoms with van der Waals surface area (Å²) in [5.41, 5.74) is 6.89. The Labute approximate surface area is 121 Å². The van der Waals surface area contributed by atoms with Crippen LogP contribution in [0.5, 0.6) is 0 Å². The molecule has 2 atom stereocenters. The third-order valence-electron chi connectivity index (χ3n) is 4.57. The number of aromatic nitrogens is 1. The maximum atomic E-state index is 4.65. The maximum absolute atomic E-state index is 4.65. The number of fused-ring (bicyclic) bond motifs is 1. The number of hydrogen-bond acceptors (Lipinski definition) is 2. The Kier molecular flexibility index (Phi) is 3.58. The van der Waals surface area contributed by atoms with Gasteiger partial charge in [0.25, 0.3) is 0 Å². The normalized spacial score (nSPS) is 18.9. The Hall–Kier alpha value is -1.67. The summed E-state index contributed by atoms with van der Waals surface area (Å²) in [6.07, 6.45) is 4.26. The van der Waals surface area contributed by atoms with Crippen LogP contribution in [0.25, 0.3) is 0 Å². The van der Waals surface area contributed by atoms with Gasteiger partial charge >= 0.3 is 0 Å². The van der Waals surface area contributed by atoms with Crippen molar-refractivity contribution in [2.75, 3.05) is 7.05 Å². The van der Waals surface area contributed by atoms with Crippen LogP contribution < -0.4 is 5.32 Å². The van der Waals surface area contributed by atoms with Gasteiger partial charge in [-0.05, 0) is 62.1 Å². The zero-order valence-corrected chi connectivity index (χ0v) is 12.5. The molecule has 1 aliphatic rings. The van der Waals surface area contributed by atoms with E-state index in [9.17, 15) is 0 Å². The minimum absolute atomic E-state index is 0.354. The van der Waals surface area contributed by atoms with Crippen LogP contribution in [0, 0.1) is 13.8 Å². The molecule has 2 unspecified atom stereocenters. The fourth-order valence-electron chi connectivity index (χ4n) is 3.63. The van der Waals surface area contributed by atoms with Crippen molar-refractivity contribution in [1.82, 2.24) is 10.3 Å². The lowest BCUT2D eigenvalue weighted by molar-refractivity contribution is 0.466. The van der Waals surface area contributed by atoms with E-state index in [0.717, 1.165) is 6.42 Å². The summed E-state index contributed by atoms with van der Waals surface area (Å²) >= 11 is 0. The number of pyridine rings is 1. The Morgan fingerprint density at radius 1 is 1.15 bits per heavy atom. The van der Waals surface area contributed by atoms with Crippen LogP contribution in [0.1, 0.15) is 46.3 Å². The highest BCUT2D eigenvalue weighted by atomic mass is 14.9. The van der Waals surface area contributed by atoms with E-state index in [1.54, 1.807) is 0 Å². The molecule has 0 bridgehead atoms. The van der Waals surface area contributed by atoms with Crippen LogP contribution in [-0.2, 0) is 6.42 Å². The summed E-state index contributed by atoms with van der Waals surface area (Å²) in [6.45, 7) is 4.42. The van der Waals surface area contributed by atoms with Gasteiger partial charge in [0.15, 0.2) is 0 Å². The molecule has 0 saturated carbocycles. The first-order valence-corrected chi connectivity index (χ1v) is 7.39. The molecular formula is C18H22N2. The van der Waals surface area contributed by atoms with Crippen LogP contribution >= 0.6 is 0 Å². The molecule has 1 aliphatic carbocycles. The van der Waals surface area contributed by atoms with E-state index in [4.69, 9.17) is 0 Å². The molecule has 0 saturated heterocycles. The van der Waals surface area contributed by atoms with Crippen molar-refractivity contribution in [3.8, 4) is 0 Å². The summed E-state index contributed by atoms with van der Waals surface area (Å²) in [5, 5.41) is 3.54. The minimum Gasteiger partial charge on any atom is -0.312 e. The largest absolute Gasteiger partial charge is 0.312 e. The topological polar surface area (TPSA) is 24.9 Å². The van der Waals surface area contributed by atoms with E-state index in [1.807, 2.05) is 6.20 Å². The van der Waals surface area contributed by atoms with Crippen LogP contribution in [0.15, 0.2) is 36.5 Å². The van der Waals surface area contributed by atoms with Crippen LogP contribution in [0.3, 0.4) is 0 Å². The highest BCUT2D eigenvalue weighted by molar-refractivity contribution is 5.40. The average Bonchev–Trinajstić information content (AvgIpc) is 2.87. The zero-order valence-electron chi connectivity index (χ0n) is 12.5. The molecule has 2 aromatic rings. The second-order valence-electron chi connectivity index (χ2n) is 5.76. The number of benzene rings is 1. The molecule has 0 amide bonds. The molecular weight excluding hydrogens is 244 g/mol. The number of rotatable bonds is 3. The minimum atomic E-state index is 0.354. The number of aryl methyl sites for hydroxylation is 3. The summed E-state index contributed by atoms with van der Waals surface area (Å²) < 4.78 is 0. The van der Waals surface area contributed by atoms with Gasteiger partial charge in [-0.1, -0.05) is 24.3 Å². The third kappa shape index (κ3) is 2.14. The standard InChI is InChI=1S/C18H22N2/c1-12-6-4-7-13(2)16(12)18(19-3)15-10-9-14-8-5-11-20-17(14)15/h4-8,11,15,18-19H,9-10H2,1-3H3. The van der Waals surface area contributed by atoms with Gasteiger partial charge in [-0.25, -0.2) is 0 Å². The summed E-state index contributed by atoms with van der Waals surface area (Å²) in [7, 11) is 2.07. The highest BCUT2D eigenvalue weighted by Gasteiger charge is 2.32. The monoisotopic (exact) mass is 266 g/mol. The van der Waals surface area contributed by atoms with Crippen molar-refractivity contribution in [2.45, 2.75) is 38.6 Å². The molecule has 20 heavy (non-hydrogen) atoms. The highest BCUT2D eigenvalue weighted by Crippen LogP contribution is 2.41. The molecule has 1 N–H and O–H groups in total. The number of likely N-dealkylation sites (N-methyl/N-ethyl adjacent to an activating group) is 1. The SMILES string of the molecule is CNC(c1c(C)cccc1C)C1CCc2cccnc21. The van der Waals surface area contributed by atoms with Gasteiger partial charge in [-0.3, -0.25) is 4.98 Å². The zero-order chi connectivity index (χ0) is 14.1. The molecule has 2 heteroatoms. The smallest absolute Gasteiger partial charge is 0.0485 e. The molecule has 1 heterocycles. The predicted molar refractivity (Wildman–Crippen MR) is 83.0 cm³/mol. The lowest BCUT2D eigenvalue weighted by Crippen LogP contribution is -2.25. The Morgan fingerprint density at radius 2 is 1.90 bits per heavy atom. The first kappa shape index (κ1) is 13.3. The van der Waals surface area contributed by atoms with E-state index in [0.29, 0.717) is 12.0 Å². The van der Waals surface area contributed by atoms with Gasteiger partial charge in [0.05, 0.1) is 0 Å². The fourth-order valence-corrected chi connectivity index (χ4v) is 3.63. The van der Waals surface area contributed by atoms with Gasteiger partial charge in [-0.15, -0.1) is 0 Å². The molecule has 0 radical (unpaired) electrons. The lowest BCUT2D eigenvalue weighted by Gasteiger charge is -2.27. The number of hydrogen-bond donors (Lipinski definition) is 1. The Morgan fingerprint density at radius 3 is 2.60 bits per heavy atom. The molecule has 1 aromatic carbocycles. The van der Waals surface area contributed by atoms with Gasteiger partial charge in [-0.2, -0.15) is 0 Å². The van der Waals surface area contributed by atoms with Crippen molar-refractivity contribution < 1.29 is 0 Å². The van der Waals surface area contributed by atoms with Crippen molar-refractivity contribution in [3.05, 3.63) is 64.5 Å². The van der Waals surface area contributed by atoms with Crippen molar-refractivity contribution in [2.24, 2.45) is 0 Å². The van der Waals surface area contributed by atoms with Gasteiger partial charge in [0.2, 0.25) is 0 Å². The van der Waals surface area contributed by atoms with Crippen LogP contribution in [0.2, 0.25) is 0 Å². The Balaban J connectivity index is 2.04. The quantitative estimate of drug-likeness (QED) is 0.916. The number of nitrogens with one attached hydrogen (secondary N) is 1. The van der Waals surface area contributed by atoms with E-state index >= 15 is 0 Å². The summed E-state index contributed by atoms with van der Waals surface area (Å²) in [5.74, 6) is 0.482. The van der Waals surface area contributed by atoms with Crippen molar-refractivity contribution in [1.29, 1.82) is 0 Å². The van der Waals surface area contributed by atoms with E-state index in [2.05, 4.69) is 61.5 Å². The van der Waals surface area contributed by atoms with Gasteiger partial charge in [0.1, 0.15) is 0 Å². The first-order valence-electron chi connectivity index (χ1n) is 7.39. The van der Waals surface area contributed by atoms with E-state index in [-0.39, 0.29) is 0 Å². The predicted octanol–water partition coefficient (Wildman–Crippen LogP) is 3.69. The van der Waals surface area contributed by atoms with E-state index < -0.39 is 0 Å². The molecule has 0 fully saturated rings. The van der Waals surface area contributed by atoms with Crippen molar-refractivity contribution in [3.63, 3.8) is 0 Å². The summed E-state index contributed by atoms with van der Waals surface area (Å²) in [6, 6.07) is 11.2. The number of nitrogens with zero attached hydrogens (tertiary/aromatic N) is 1. The van der Waals surface area contributed by atoms with E-state index in [1.165, 1.54) is 34.4 Å². The van der Waals surface area contributed by atoms with Crippen molar-refractivity contribution >= 4 is 0 Å². The lowest BCUT2D eigenvalue weighted by atomic mass is 9.86. The molecule has 1 aromatic heterocycles. The third-order valence-corrected chi connectivity index (χ3v) is 4.57. The van der Waals surface area contributed by atoms with Gasteiger partial charge in [0, 0.05) is 23.9 Å². The molecule has 3 rings (SSSR count). The Bertz CT molecular complexity index is 598. The van der Waals surface area contributed by atoms with Crippen LogP contribution in [0.4, 0.5) is 0 Å². The molecule has 0 aliphatic heterocycles. The summed E-state index contributed by atoms with van der Waals surface area (Å²) in [4.78, 5) is 4.65. The van der Waals surface area contributed by atoms with Gasteiger partial charge < -0.3 is 5.32 Å². The fraction of sp³-hybridized carbons (Fsp3) is 0.389.